The van der Waals surface area contributed by atoms with Gasteiger partial charge in [0.1, 0.15) is 0 Å². The molecule has 0 aromatic rings. The summed E-state index contributed by atoms with van der Waals surface area (Å²) < 4.78 is 0. The third-order valence-electron chi connectivity index (χ3n) is 5.72. The molecule has 0 fully saturated rings. The monoisotopic (exact) mass is 395 g/mol. The Morgan fingerprint density at radius 2 is 0.893 bits per heavy atom. The minimum Gasteiger partial charge on any atom is -0.356 e. The van der Waals surface area contributed by atoms with Gasteiger partial charge in [-0.2, -0.15) is 0 Å². The van der Waals surface area contributed by atoms with Gasteiger partial charge in [-0.3, -0.25) is 4.79 Å². The molecule has 0 radical (unpaired) electrons. The fourth-order valence-electron chi connectivity index (χ4n) is 3.78. The number of nitrogens with one attached hydrogen (secondary N) is 1. The van der Waals surface area contributed by atoms with Crippen molar-refractivity contribution in [2.45, 2.75) is 143 Å². The van der Waals surface area contributed by atoms with Crippen LogP contribution in [0.5, 0.6) is 0 Å². The highest BCUT2D eigenvalue weighted by atomic mass is 16.1. The van der Waals surface area contributed by atoms with Crippen molar-refractivity contribution in [3.05, 3.63) is 0 Å². The van der Waals surface area contributed by atoms with Crippen molar-refractivity contribution in [2.24, 2.45) is 11.8 Å². The minimum atomic E-state index is 0.266. The van der Waals surface area contributed by atoms with Crippen LogP contribution in [0.1, 0.15) is 143 Å². The quantitative estimate of drug-likeness (QED) is 0.194. The molecule has 0 spiro atoms. The first-order chi connectivity index (χ1) is 13.5. The van der Waals surface area contributed by atoms with Crippen LogP contribution in [-0.4, -0.2) is 12.5 Å². The summed E-state index contributed by atoms with van der Waals surface area (Å²) in [6, 6.07) is 0. The summed E-state index contributed by atoms with van der Waals surface area (Å²) in [5, 5.41) is 3.10. The summed E-state index contributed by atoms with van der Waals surface area (Å²) in [6.07, 6.45) is 23.3. The predicted octanol–water partition coefficient (Wildman–Crippen LogP) is 8.44. The van der Waals surface area contributed by atoms with E-state index in [-0.39, 0.29) is 5.91 Å². The Morgan fingerprint density at radius 3 is 1.32 bits per heavy atom. The Labute approximate surface area is 178 Å². The van der Waals surface area contributed by atoms with Crippen molar-refractivity contribution >= 4 is 5.91 Å². The summed E-state index contributed by atoms with van der Waals surface area (Å²) in [5.74, 6) is 1.98. The average Bonchev–Trinajstić information content (AvgIpc) is 2.64. The second-order valence-corrected chi connectivity index (χ2v) is 9.77. The lowest BCUT2D eigenvalue weighted by atomic mass is 10.0. The van der Waals surface area contributed by atoms with Crippen molar-refractivity contribution in [2.75, 3.05) is 6.54 Å². The normalized spacial score (nSPS) is 11.5. The van der Waals surface area contributed by atoms with Crippen molar-refractivity contribution in [1.82, 2.24) is 5.32 Å². The molecular weight excluding hydrogens is 342 g/mol. The average molecular weight is 396 g/mol. The highest BCUT2D eigenvalue weighted by Crippen LogP contribution is 2.13. The van der Waals surface area contributed by atoms with Crippen LogP contribution in [0.2, 0.25) is 0 Å². The fourth-order valence-corrected chi connectivity index (χ4v) is 3.78. The van der Waals surface area contributed by atoms with Gasteiger partial charge >= 0.3 is 0 Å². The van der Waals surface area contributed by atoms with Gasteiger partial charge < -0.3 is 5.32 Å². The highest BCUT2D eigenvalue weighted by molar-refractivity contribution is 5.75. The van der Waals surface area contributed by atoms with Crippen LogP contribution in [0, 0.1) is 11.8 Å². The second-order valence-electron chi connectivity index (χ2n) is 9.77. The maximum atomic E-state index is 11.9. The Hall–Kier alpha value is -0.530. The number of hydrogen-bond acceptors (Lipinski definition) is 1. The molecule has 168 valence electrons. The molecule has 0 saturated heterocycles. The van der Waals surface area contributed by atoms with Gasteiger partial charge in [0.25, 0.3) is 0 Å². The highest BCUT2D eigenvalue weighted by Gasteiger charge is 2.01. The van der Waals surface area contributed by atoms with Gasteiger partial charge in [-0.05, 0) is 24.7 Å². The number of carbonyl (C=O) groups excluding carboxylic acids is 1. The van der Waals surface area contributed by atoms with Gasteiger partial charge in [0.2, 0.25) is 5.91 Å². The van der Waals surface area contributed by atoms with E-state index in [0.29, 0.717) is 0 Å². The zero-order valence-corrected chi connectivity index (χ0v) is 20.0. The number of amides is 1. The van der Waals surface area contributed by atoms with Gasteiger partial charge in [0.05, 0.1) is 0 Å². The van der Waals surface area contributed by atoms with Gasteiger partial charge in [-0.1, -0.05) is 124 Å². The van der Waals surface area contributed by atoms with Crippen molar-refractivity contribution in [3.8, 4) is 0 Å². The zero-order chi connectivity index (χ0) is 20.9. The Morgan fingerprint density at radius 1 is 0.536 bits per heavy atom. The smallest absolute Gasteiger partial charge is 0.219 e. The first-order valence-corrected chi connectivity index (χ1v) is 12.8. The van der Waals surface area contributed by atoms with E-state index in [9.17, 15) is 4.79 Å². The van der Waals surface area contributed by atoms with Crippen molar-refractivity contribution in [3.63, 3.8) is 0 Å². The molecule has 0 aliphatic heterocycles. The Bertz CT molecular complexity index is 324. The third kappa shape index (κ3) is 23.5. The van der Waals surface area contributed by atoms with E-state index < -0.39 is 0 Å². The van der Waals surface area contributed by atoms with E-state index in [4.69, 9.17) is 0 Å². The van der Waals surface area contributed by atoms with Crippen LogP contribution in [-0.2, 0) is 4.79 Å². The number of unbranched alkanes of at least 4 members (excludes halogenated alkanes) is 13. The number of carbonyl (C=O) groups is 1. The Balaban J connectivity index is 3.17. The lowest BCUT2D eigenvalue weighted by Crippen LogP contribution is -2.23. The second kappa shape index (κ2) is 21.2. The Kier molecular flexibility index (Phi) is 20.8. The molecule has 2 nitrogen and oxygen atoms in total. The van der Waals surface area contributed by atoms with Crippen molar-refractivity contribution < 1.29 is 4.79 Å². The number of hydrogen-bond donors (Lipinski definition) is 1. The molecule has 0 aromatic carbocycles. The first-order valence-electron chi connectivity index (χ1n) is 12.8. The SMILES string of the molecule is CC(C)CCCCCCCCCCNC(=O)CCCCCCCCCC(C)C. The van der Waals surface area contributed by atoms with Gasteiger partial charge in [0.15, 0.2) is 0 Å². The van der Waals surface area contributed by atoms with Gasteiger partial charge in [-0.25, -0.2) is 0 Å². The fraction of sp³-hybridized carbons (Fsp3) is 0.962. The number of rotatable bonds is 21. The molecule has 0 saturated carbocycles. The molecule has 1 amide bonds. The van der Waals surface area contributed by atoms with E-state index >= 15 is 0 Å². The molecule has 0 aliphatic carbocycles. The lowest BCUT2D eigenvalue weighted by molar-refractivity contribution is -0.121. The molecule has 0 aliphatic rings. The summed E-state index contributed by atoms with van der Waals surface area (Å²) in [4.78, 5) is 11.9. The molecule has 0 unspecified atom stereocenters. The maximum Gasteiger partial charge on any atom is 0.219 e. The topological polar surface area (TPSA) is 29.1 Å². The molecule has 0 rings (SSSR count). The van der Waals surface area contributed by atoms with E-state index in [0.717, 1.165) is 37.6 Å². The van der Waals surface area contributed by atoms with E-state index in [1.165, 1.54) is 96.3 Å². The molecule has 28 heavy (non-hydrogen) atoms. The summed E-state index contributed by atoms with van der Waals surface area (Å²) in [6.45, 7) is 10.1. The molecule has 1 N–H and O–H groups in total. The first kappa shape index (κ1) is 27.5. The van der Waals surface area contributed by atoms with Crippen LogP contribution in [0.3, 0.4) is 0 Å². The molecular formula is C26H53NO. The molecule has 0 heterocycles. The maximum absolute atomic E-state index is 11.9. The van der Waals surface area contributed by atoms with E-state index in [2.05, 4.69) is 33.0 Å². The molecule has 0 atom stereocenters. The van der Waals surface area contributed by atoms with Crippen LogP contribution in [0.4, 0.5) is 0 Å². The predicted molar refractivity (Wildman–Crippen MR) is 126 cm³/mol. The summed E-state index contributed by atoms with van der Waals surface area (Å²) >= 11 is 0. The van der Waals surface area contributed by atoms with Gasteiger partial charge in [0, 0.05) is 13.0 Å². The van der Waals surface area contributed by atoms with E-state index in [1.54, 1.807) is 0 Å². The van der Waals surface area contributed by atoms with Crippen LogP contribution < -0.4 is 5.32 Å². The third-order valence-corrected chi connectivity index (χ3v) is 5.72. The standard InChI is InChI=1S/C26H53NO/c1-24(2)20-16-12-8-5-6-11-15-19-23-27-26(28)22-18-14-10-7-9-13-17-21-25(3)4/h24-25H,5-23H2,1-4H3,(H,27,28). The van der Waals surface area contributed by atoms with Crippen LogP contribution in [0.25, 0.3) is 0 Å². The largest absolute Gasteiger partial charge is 0.356 e. The summed E-state index contributed by atoms with van der Waals surface area (Å²) in [7, 11) is 0. The zero-order valence-electron chi connectivity index (χ0n) is 20.0. The molecule has 0 aromatic heterocycles. The molecule has 0 bridgehead atoms. The van der Waals surface area contributed by atoms with Crippen molar-refractivity contribution in [1.29, 1.82) is 0 Å². The molecule has 2 heteroatoms. The van der Waals surface area contributed by atoms with Gasteiger partial charge in [-0.15, -0.1) is 0 Å². The van der Waals surface area contributed by atoms with Crippen LogP contribution >= 0.6 is 0 Å². The summed E-state index contributed by atoms with van der Waals surface area (Å²) in [5.41, 5.74) is 0. The van der Waals surface area contributed by atoms with E-state index in [1.807, 2.05) is 0 Å². The van der Waals surface area contributed by atoms with Crippen LogP contribution in [0.15, 0.2) is 0 Å². The minimum absolute atomic E-state index is 0.266. The lowest BCUT2D eigenvalue weighted by Gasteiger charge is -2.06.